The Hall–Kier alpha value is -1.33. The second kappa shape index (κ2) is 7.45. The van der Waals surface area contributed by atoms with Crippen LogP contribution in [0.15, 0.2) is 0 Å². The summed E-state index contributed by atoms with van der Waals surface area (Å²) in [6, 6.07) is 1.30. The first-order valence-corrected chi connectivity index (χ1v) is 6.44. The van der Waals surface area contributed by atoms with Crippen LogP contribution in [0.25, 0.3) is 0 Å². The number of hydrogen-bond acceptors (Lipinski definition) is 4. The number of halogens is 3. The van der Waals surface area contributed by atoms with Crippen molar-refractivity contribution in [1.82, 2.24) is 10.2 Å². The average molecular weight is 293 g/mol. The fourth-order valence-corrected chi connectivity index (χ4v) is 2.34. The Morgan fingerprint density at radius 1 is 1.55 bits per heavy atom. The van der Waals surface area contributed by atoms with Gasteiger partial charge in [-0.15, -0.1) is 0 Å². The van der Waals surface area contributed by atoms with E-state index in [0.717, 1.165) is 12.8 Å². The maximum absolute atomic E-state index is 12.5. The number of piperidine rings is 1. The summed E-state index contributed by atoms with van der Waals surface area (Å²) >= 11 is 0. The van der Waals surface area contributed by atoms with Crippen molar-refractivity contribution >= 4 is 5.97 Å². The van der Waals surface area contributed by atoms with Crippen LogP contribution in [0.3, 0.4) is 0 Å². The molecule has 114 valence electrons. The van der Waals surface area contributed by atoms with Crippen LogP contribution in [-0.2, 0) is 4.79 Å². The largest absolute Gasteiger partial charge is 0.480 e. The van der Waals surface area contributed by atoms with Crippen molar-refractivity contribution in [1.29, 1.82) is 5.26 Å². The molecule has 0 aromatic carbocycles. The standard InChI is InChI=1S/C12H18F3N3O2/c13-12(14,15)10(4-16)8-18-3-1-2-9(7-18)5-17-6-11(19)20/h9-10,17H,1-3,5-8H2,(H,19,20). The monoisotopic (exact) mass is 293 g/mol. The molecule has 20 heavy (non-hydrogen) atoms. The van der Waals surface area contributed by atoms with E-state index in [9.17, 15) is 18.0 Å². The number of likely N-dealkylation sites (tertiary alicyclic amines) is 1. The molecule has 1 heterocycles. The minimum Gasteiger partial charge on any atom is -0.480 e. The molecule has 8 heteroatoms. The molecule has 5 nitrogen and oxygen atoms in total. The van der Waals surface area contributed by atoms with Crippen LogP contribution < -0.4 is 5.32 Å². The number of carboxylic acids is 1. The molecule has 2 unspecified atom stereocenters. The highest BCUT2D eigenvalue weighted by atomic mass is 19.4. The maximum atomic E-state index is 12.5. The third-order valence-corrected chi connectivity index (χ3v) is 3.30. The lowest BCUT2D eigenvalue weighted by atomic mass is 9.97. The van der Waals surface area contributed by atoms with Gasteiger partial charge in [0.1, 0.15) is 0 Å². The van der Waals surface area contributed by atoms with Gasteiger partial charge in [0.2, 0.25) is 0 Å². The molecule has 1 saturated heterocycles. The number of aliphatic carboxylic acids is 1. The van der Waals surface area contributed by atoms with E-state index in [-0.39, 0.29) is 19.0 Å². The Bertz CT molecular complexity index is 368. The van der Waals surface area contributed by atoms with Crippen molar-refractivity contribution < 1.29 is 23.1 Å². The van der Waals surface area contributed by atoms with Gasteiger partial charge in [-0.25, -0.2) is 0 Å². The summed E-state index contributed by atoms with van der Waals surface area (Å²) < 4.78 is 37.6. The smallest absolute Gasteiger partial charge is 0.405 e. The predicted molar refractivity (Wildman–Crippen MR) is 64.8 cm³/mol. The SMILES string of the molecule is N#CC(CN1CCCC(CNCC(=O)O)C1)C(F)(F)F. The molecule has 1 aliphatic heterocycles. The highest BCUT2D eigenvalue weighted by molar-refractivity contribution is 5.68. The third-order valence-electron chi connectivity index (χ3n) is 3.30. The van der Waals surface area contributed by atoms with Crippen molar-refractivity contribution in [2.75, 3.05) is 32.7 Å². The van der Waals surface area contributed by atoms with E-state index in [4.69, 9.17) is 10.4 Å². The van der Waals surface area contributed by atoms with Crippen LogP contribution in [0.5, 0.6) is 0 Å². The van der Waals surface area contributed by atoms with Crippen molar-refractivity contribution in [2.45, 2.75) is 19.0 Å². The number of rotatable bonds is 6. The number of hydrogen-bond donors (Lipinski definition) is 2. The van der Waals surface area contributed by atoms with E-state index in [1.165, 1.54) is 6.07 Å². The summed E-state index contributed by atoms with van der Waals surface area (Å²) in [5.74, 6) is -2.80. The molecule has 0 spiro atoms. The van der Waals surface area contributed by atoms with Gasteiger partial charge < -0.3 is 15.3 Å². The van der Waals surface area contributed by atoms with Gasteiger partial charge in [-0.3, -0.25) is 4.79 Å². The zero-order valence-electron chi connectivity index (χ0n) is 11.0. The zero-order valence-corrected chi connectivity index (χ0v) is 11.0. The van der Waals surface area contributed by atoms with E-state index in [2.05, 4.69) is 5.32 Å². The maximum Gasteiger partial charge on any atom is 0.405 e. The average Bonchev–Trinajstić information content (AvgIpc) is 2.34. The fraction of sp³-hybridized carbons (Fsp3) is 0.833. The summed E-state index contributed by atoms with van der Waals surface area (Å²) in [4.78, 5) is 12.0. The topological polar surface area (TPSA) is 76.4 Å². The molecule has 1 aliphatic rings. The van der Waals surface area contributed by atoms with Gasteiger partial charge in [-0.2, -0.15) is 18.4 Å². The molecule has 0 aromatic heterocycles. The number of nitriles is 1. The van der Waals surface area contributed by atoms with Gasteiger partial charge in [0.25, 0.3) is 0 Å². The molecule has 0 aliphatic carbocycles. The molecule has 0 radical (unpaired) electrons. The van der Waals surface area contributed by atoms with Crippen LogP contribution in [0.2, 0.25) is 0 Å². The normalized spacial score (nSPS) is 22.2. The molecular weight excluding hydrogens is 275 g/mol. The van der Waals surface area contributed by atoms with Crippen LogP contribution >= 0.6 is 0 Å². The molecular formula is C12H18F3N3O2. The van der Waals surface area contributed by atoms with E-state index in [1.807, 2.05) is 0 Å². The van der Waals surface area contributed by atoms with Crippen molar-refractivity contribution in [3.8, 4) is 6.07 Å². The van der Waals surface area contributed by atoms with Gasteiger partial charge >= 0.3 is 12.1 Å². The second-order valence-corrected chi connectivity index (χ2v) is 5.02. The van der Waals surface area contributed by atoms with Gasteiger partial charge in [0, 0.05) is 13.1 Å². The molecule has 2 N–H and O–H groups in total. The Kier molecular flexibility index (Phi) is 6.23. The first kappa shape index (κ1) is 16.7. The fourth-order valence-electron chi connectivity index (χ4n) is 2.34. The van der Waals surface area contributed by atoms with Crippen LogP contribution in [0, 0.1) is 23.2 Å². The van der Waals surface area contributed by atoms with E-state index < -0.39 is 18.1 Å². The molecule has 0 amide bonds. The number of carbonyl (C=O) groups is 1. The molecule has 0 bridgehead atoms. The lowest BCUT2D eigenvalue weighted by Crippen LogP contribution is -2.44. The molecule has 2 atom stereocenters. The predicted octanol–water partition coefficient (Wildman–Crippen LogP) is 1.07. The number of nitrogens with zero attached hydrogens (tertiary/aromatic N) is 2. The van der Waals surface area contributed by atoms with Crippen LogP contribution in [0.1, 0.15) is 12.8 Å². The quantitative estimate of drug-likeness (QED) is 0.766. The minimum atomic E-state index is -4.50. The van der Waals surface area contributed by atoms with Gasteiger partial charge in [0.05, 0.1) is 12.6 Å². The van der Waals surface area contributed by atoms with Crippen molar-refractivity contribution in [2.24, 2.45) is 11.8 Å². The molecule has 1 fully saturated rings. The van der Waals surface area contributed by atoms with Gasteiger partial charge in [-0.05, 0) is 31.8 Å². The third kappa shape index (κ3) is 5.75. The Balaban J connectivity index is 2.40. The summed E-state index contributed by atoms with van der Waals surface area (Å²) in [5.41, 5.74) is 0. The number of alkyl halides is 3. The summed E-state index contributed by atoms with van der Waals surface area (Å²) in [6.07, 6.45) is -2.88. The zero-order chi connectivity index (χ0) is 15.2. The van der Waals surface area contributed by atoms with E-state index >= 15 is 0 Å². The summed E-state index contributed by atoms with van der Waals surface area (Å²) in [5, 5.41) is 19.8. The Labute approximate surface area is 115 Å². The lowest BCUT2D eigenvalue weighted by molar-refractivity contribution is -0.164. The van der Waals surface area contributed by atoms with E-state index in [0.29, 0.717) is 19.6 Å². The Morgan fingerprint density at radius 3 is 2.80 bits per heavy atom. The lowest BCUT2D eigenvalue weighted by Gasteiger charge is -2.34. The highest BCUT2D eigenvalue weighted by Gasteiger charge is 2.41. The molecule has 1 rings (SSSR count). The first-order chi connectivity index (χ1) is 9.32. The van der Waals surface area contributed by atoms with Crippen molar-refractivity contribution in [3.05, 3.63) is 0 Å². The number of nitrogens with one attached hydrogen (secondary N) is 1. The Morgan fingerprint density at radius 2 is 2.25 bits per heavy atom. The minimum absolute atomic E-state index is 0.121. The van der Waals surface area contributed by atoms with E-state index in [1.54, 1.807) is 4.90 Å². The van der Waals surface area contributed by atoms with Crippen LogP contribution in [-0.4, -0.2) is 54.9 Å². The van der Waals surface area contributed by atoms with Crippen molar-refractivity contribution in [3.63, 3.8) is 0 Å². The highest BCUT2D eigenvalue weighted by Crippen LogP contribution is 2.27. The number of carboxylic acid groups (broad SMARTS) is 1. The second-order valence-electron chi connectivity index (χ2n) is 5.02. The molecule has 0 saturated carbocycles. The van der Waals surface area contributed by atoms with Crippen LogP contribution in [0.4, 0.5) is 13.2 Å². The van der Waals surface area contributed by atoms with Gasteiger partial charge in [0.15, 0.2) is 5.92 Å². The summed E-state index contributed by atoms with van der Waals surface area (Å²) in [6.45, 7) is 1.01. The van der Waals surface area contributed by atoms with Gasteiger partial charge in [-0.1, -0.05) is 0 Å². The first-order valence-electron chi connectivity index (χ1n) is 6.44. The molecule has 0 aromatic rings. The summed E-state index contributed by atoms with van der Waals surface area (Å²) in [7, 11) is 0.